The zero-order valence-corrected chi connectivity index (χ0v) is 13.4. The summed E-state index contributed by atoms with van der Waals surface area (Å²) in [6, 6.07) is 4.07. The molecule has 0 aromatic carbocycles. The molecule has 0 bridgehead atoms. The molecule has 2 aromatic heterocycles. The molecule has 2 N–H and O–H groups in total. The highest BCUT2D eigenvalue weighted by atomic mass is 15.2. The number of hydrogen-bond acceptors (Lipinski definition) is 4. The fraction of sp³-hybridized carbons (Fsp3) is 0.588. The molecule has 1 fully saturated rings. The van der Waals surface area contributed by atoms with Crippen LogP contribution in [0.5, 0.6) is 0 Å². The maximum atomic E-state index is 4.33. The maximum Gasteiger partial charge on any atom is 0.146 e. The highest BCUT2D eigenvalue weighted by molar-refractivity contribution is 5.20. The molecular formula is C17H25N5. The SMILES string of the molecule is CC1(C)CCCC(CNC(c2cccnc2)c2ncn[nH]2)C1. The summed E-state index contributed by atoms with van der Waals surface area (Å²) in [4.78, 5) is 8.56. The van der Waals surface area contributed by atoms with E-state index in [1.165, 1.54) is 25.7 Å². The largest absolute Gasteiger partial charge is 0.303 e. The summed E-state index contributed by atoms with van der Waals surface area (Å²) in [5.74, 6) is 1.58. The highest BCUT2D eigenvalue weighted by Crippen LogP contribution is 2.38. The molecule has 0 aliphatic heterocycles. The van der Waals surface area contributed by atoms with Gasteiger partial charge in [-0.15, -0.1) is 0 Å². The summed E-state index contributed by atoms with van der Waals surface area (Å²) in [7, 11) is 0. The first kappa shape index (κ1) is 15.2. The Morgan fingerprint density at radius 2 is 2.36 bits per heavy atom. The van der Waals surface area contributed by atoms with Crippen LogP contribution in [0.15, 0.2) is 30.9 Å². The third-order valence-electron chi connectivity index (χ3n) is 4.64. The van der Waals surface area contributed by atoms with E-state index < -0.39 is 0 Å². The van der Waals surface area contributed by atoms with Crippen LogP contribution in [-0.2, 0) is 0 Å². The van der Waals surface area contributed by atoms with Crippen LogP contribution in [0.4, 0.5) is 0 Å². The van der Waals surface area contributed by atoms with Gasteiger partial charge in [0.2, 0.25) is 0 Å². The molecule has 118 valence electrons. The van der Waals surface area contributed by atoms with E-state index in [0.717, 1.165) is 23.9 Å². The fourth-order valence-electron chi connectivity index (χ4n) is 3.59. The Kier molecular flexibility index (Phi) is 4.52. The van der Waals surface area contributed by atoms with Crippen molar-refractivity contribution < 1.29 is 0 Å². The van der Waals surface area contributed by atoms with Crippen LogP contribution < -0.4 is 5.32 Å². The maximum absolute atomic E-state index is 4.33. The lowest BCUT2D eigenvalue weighted by Crippen LogP contribution is -2.33. The van der Waals surface area contributed by atoms with Crippen LogP contribution in [0.3, 0.4) is 0 Å². The van der Waals surface area contributed by atoms with Crippen LogP contribution in [0.2, 0.25) is 0 Å². The molecule has 2 atom stereocenters. The van der Waals surface area contributed by atoms with Gasteiger partial charge in [0.15, 0.2) is 0 Å². The van der Waals surface area contributed by atoms with Crippen molar-refractivity contribution in [3.8, 4) is 0 Å². The molecule has 0 spiro atoms. The Labute approximate surface area is 132 Å². The molecule has 0 saturated heterocycles. The van der Waals surface area contributed by atoms with Gasteiger partial charge in [0.05, 0.1) is 6.04 Å². The Balaban J connectivity index is 1.69. The highest BCUT2D eigenvalue weighted by Gasteiger charge is 2.28. The van der Waals surface area contributed by atoms with Crippen LogP contribution in [0.25, 0.3) is 0 Å². The second-order valence-electron chi connectivity index (χ2n) is 7.12. The van der Waals surface area contributed by atoms with Gasteiger partial charge in [-0.1, -0.05) is 26.3 Å². The lowest BCUT2D eigenvalue weighted by molar-refractivity contribution is 0.175. The molecule has 1 saturated carbocycles. The van der Waals surface area contributed by atoms with Gasteiger partial charge in [0.1, 0.15) is 12.2 Å². The number of aromatic amines is 1. The molecule has 2 heterocycles. The Morgan fingerprint density at radius 1 is 1.45 bits per heavy atom. The van der Waals surface area contributed by atoms with E-state index in [2.05, 4.69) is 45.4 Å². The molecule has 2 unspecified atom stereocenters. The predicted molar refractivity (Wildman–Crippen MR) is 86.2 cm³/mol. The van der Waals surface area contributed by atoms with Gasteiger partial charge in [0.25, 0.3) is 0 Å². The van der Waals surface area contributed by atoms with Crippen molar-refractivity contribution >= 4 is 0 Å². The molecule has 22 heavy (non-hydrogen) atoms. The van der Waals surface area contributed by atoms with E-state index in [-0.39, 0.29) is 6.04 Å². The van der Waals surface area contributed by atoms with E-state index in [4.69, 9.17) is 0 Å². The predicted octanol–water partition coefficient (Wildman–Crippen LogP) is 3.10. The molecular weight excluding hydrogens is 274 g/mol. The van der Waals surface area contributed by atoms with Crippen LogP contribution in [0.1, 0.15) is 57.0 Å². The minimum atomic E-state index is 0.0289. The average Bonchev–Trinajstić information content (AvgIpc) is 3.02. The van der Waals surface area contributed by atoms with Gasteiger partial charge in [0, 0.05) is 12.4 Å². The average molecular weight is 299 g/mol. The second kappa shape index (κ2) is 6.57. The van der Waals surface area contributed by atoms with Crippen molar-refractivity contribution in [3.63, 3.8) is 0 Å². The quantitative estimate of drug-likeness (QED) is 0.890. The number of nitrogens with zero attached hydrogens (tertiary/aromatic N) is 3. The van der Waals surface area contributed by atoms with Crippen LogP contribution in [0, 0.1) is 11.3 Å². The molecule has 2 aromatic rings. The van der Waals surface area contributed by atoms with Gasteiger partial charge < -0.3 is 5.32 Å². The first-order valence-electron chi connectivity index (χ1n) is 8.13. The summed E-state index contributed by atoms with van der Waals surface area (Å²) < 4.78 is 0. The van der Waals surface area contributed by atoms with Gasteiger partial charge in [-0.2, -0.15) is 5.10 Å². The number of pyridine rings is 1. The van der Waals surface area contributed by atoms with Crippen molar-refractivity contribution in [2.45, 2.75) is 45.6 Å². The summed E-state index contributed by atoms with van der Waals surface area (Å²) in [5, 5.41) is 10.7. The second-order valence-corrected chi connectivity index (χ2v) is 7.12. The third-order valence-corrected chi connectivity index (χ3v) is 4.64. The van der Waals surface area contributed by atoms with Crippen molar-refractivity contribution in [2.75, 3.05) is 6.54 Å². The molecule has 0 radical (unpaired) electrons. The van der Waals surface area contributed by atoms with Crippen molar-refractivity contribution in [1.29, 1.82) is 0 Å². The third kappa shape index (κ3) is 3.71. The van der Waals surface area contributed by atoms with E-state index >= 15 is 0 Å². The molecule has 1 aliphatic rings. The lowest BCUT2D eigenvalue weighted by Gasteiger charge is -2.36. The summed E-state index contributed by atoms with van der Waals surface area (Å²) in [5.41, 5.74) is 1.59. The van der Waals surface area contributed by atoms with Gasteiger partial charge in [-0.3, -0.25) is 10.1 Å². The zero-order valence-electron chi connectivity index (χ0n) is 13.4. The minimum Gasteiger partial charge on any atom is -0.303 e. The molecule has 5 nitrogen and oxygen atoms in total. The first-order valence-corrected chi connectivity index (χ1v) is 8.13. The van der Waals surface area contributed by atoms with E-state index in [1.54, 1.807) is 12.5 Å². The molecule has 0 amide bonds. The fourth-order valence-corrected chi connectivity index (χ4v) is 3.59. The van der Waals surface area contributed by atoms with Crippen molar-refractivity contribution in [2.24, 2.45) is 11.3 Å². The topological polar surface area (TPSA) is 66.5 Å². The van der Waals surface area contributed by atoms with Crippen molar-refractivity contribution in [1.82, 2.24) is 25.5 Å². The van der Waals surface area contributed by atoms with E-state index in [1.807, 2.05) is 12.3 Å². The van der Waals surface area contributed by atoms with E-state index in [9.17, 15) is 0 Å². The summed E-state index contributed by atoms with van der Waals surface area (Å²) in [6.45, 7) is 5.77. The Hall–Kier alpha value is -1.75. The molecule has 1 aliphatic carbocycles. The van der Waals surface area contributed by atoms with Crippen LogP contribution in [-0.4, -0.2) is 26.7 Å². The van der Waals surface area contributed by atoms with Gasteiger partial charge in [-0.05, 0) is 48.8 Å². The van der Waals surface area contributed by atoms with E-state index in [0.29, 0.717) is 5.41 Å². The summed E-state index contributed by atoms with van der Waals surface area (Å²) in [6.07, 6.45) is 10.5. The molecule has 3 rings (SSSR count). The summed E-state index contributed by atoms with van der Waals surface area (Å²) >= 11 is 0. The van der Waals surface area contributed by atoms with Crippen LogP contribution >= 0.6 is 0 Å². The number of rotatable bonds is 5. The standard InChI is InChI=1S/C17H25N5/c1-17(2)7-3-5-13(9-17)10-19-15(16-20-12-21-22-16)14-6-4-8-18-11-14/h4,6,8,11-13,15,19H,3,5,7,9-10H2,1-2H3,(H,20,21,22). The lowest BCUT2D eigenvalue weighted by atomic mass is 9.72. The number of nitrogens with one attached hydrogen (secondary N) is 2. The van der Waals surface area contributed by atoms with Gasteiger partial charge in [-0.25, -0.2) is 4.98 Å². The monoisotopic (exact) mass is 299 g/mol. The Bertz CT molecular complexity index is 564. The Morgan fingerprint density at radius 3 is 3.05 bits per heavy atom. The zero-order chi connectivity index (χ0) is 15.4. The minimum absolute atomic E-state index is 0.0289. The van der Waals surface area contributed by atoms with Gasteiger partial charge >= 0.3 is 0 Å². The first-order chi connectivity index (χ1) is 10.6. The molecule has 5 heteroatoms. The number of aromatic nitrogens is 4. The number of H-pyrrole nitrogens is 1. The number of hydrogen-bond donors (Lipinski definition) is 2. The smallest absolute Gasteiger partial charge is 0.146 e. The normalized spacial score (nSPS) is 22.4. The van der Waals surface area contributed by atoms with Crippen molar-refractivity contribution in [3.05, 3.63) is 42.2 Å².